The first-order chi connectivity index (χ1) is 8.65. The summed E-state index contributed by atoms with van der Waals surface area (Å²) in [5.41, 5.74) is 0.659. The Kier molecular flexibility index (Phi) is 5.08. The average Bonchev–Trinajstić information content (AvgIpc) is 2.68. The van der Waals surface area contributed by atoms with Gasteiger partial charge in [0, 0.05) is 19.1 Å². The topological polar surface area (TPSA) is 15.3 Å². The lowest BCUT2D eigenvalue weighted by molar-refractivity contribution is 0.139. The van der Waals surface area contributed by atoms with Gasteiger partial charge in [-0.15, -0.1) is 0 Å². The van der Waals surface area contributed by atoms with E-state index in [-0.39, 0.29) is 0 Å². The van der Waals surface area contributed by atoms with E-state index in [9.17, 15) is 0 Å². The molecule has 2 heteroatoms. The number of nitrogens with zero attached hydrogens (tertiary/aromatic N) is 1. The Hall–Kier alpha value is -0.0800. The van der Waals surface area contributed by atoms with Crippen molar-refractivity contribution < 1.29 is 0 Å². The minimum atomic E-state index is 0.659. The van der Waals surface area contributed by atoms with E-state index in [0.29, 0.717) is 11.5 Å². The van der Waals surface area contributed by atoms with Crippen LogP contribution in [0.1, 0.15) is 59.3 Å². The maximum absolute atomic E-state index is 3.72. The van der Waals surface area contributed by atoms with Crippen LogP contribution in [0, 0.1) is 11.3 Å². The van der Waals surface area contributed by atoms with Crippen LogP contribution in [0.2, 0.25) is 0 Å². The monoisotopic (exact) mass is 252 g/mol. The molecule has 0 spiro atoms. The molecule has 1 aliphatic carbocycles. The van der Waals surface area contributed by atoms with E-state index in [0.717, 1.165) is 5.92 Å². The lowest BCUT2D eigenvalue weighted by Crippen LogP contribution is -2.44. The summed E-state index contributed by atoms with van der Waals surface area (Å²) in [6.45, 7) is 12.2. The van der Waals surface area contributed by atoms with Crippen molar-refractivity contribution in [3.63, 3.8) is 0 Å². The molecule has 0 aromatic rings. The molecular weight excluding hydrogens is 220 g/mol. The Balaban J connectivity index is 1.94. The average molecular weight is 252 g/mol. The molecule has 0 bridgehead atoms. The van der Waals surface area contributed by atoms with Gasteiger partial charge in [-0.25, -0.2) is 0 Å². The zero-order valence-corrected chi connectivity index (χ0v) is 12.7. The smallest absolute Gasteiger partial charge is 0.0217 e. The summed E-state index contributed by atoms with van der Waals surface area (Å²) in [5.74, 6) is 0.756. The molecule has 0 aromatic heterocycles. The van der Waals surface area contributed by atoms with Crippen molar-refractivity contribution in [3.8, 4) is 0 Å². The zero-order chi connectivity index (χ0) is 13.0. The molecule has 1 saturated heterocycles. The van der Waals surface area contributed by atoms with Crippen LogP contribution in [0.3, 0.4) is 0 Å². The van der Waals surface area contributed by atoms with Crippen LogP contribution in [0.4, 0.5) is 0 Å². The summed E-state index contributed by atoms with van der Waals surface area (Å²) < 4.78 is 0. The summed E-state index contributed by atoms with van der Waals surface area (Å²) in [5, 5.41) is 3.72. The van der Waals surface area contributed by atoms with Gasteiger partial charge in [0.1, 0.15) is 0 Å². The van der Waals surface area contributed by atoms with Crippen molar-refractivity contribution in [2.24, 2.45) is 11.3 Å². The molecular formula is C16H32N2. The fourth-order valence-corrected chi connectivity index (χ4v) is 3.84. The molecule has 0 aromatic carbocycles. The largest absolute Gasteiger partial charge is 0.312 e. The van der Waals surface area contributed by atoms with E-state index >= 15 is 0 Å². The Bertz CT molecular complexity index is 243. The molecule has 0 amide bonds. The van der Waals surface area contributed by atoms with Gasteiger partial charge < -0.3 is 10.2 Å². The summed E-state index contributed by atoms with van der Waals surface area (Å²) >= 11 is 0. The van der Waals surface area contributed by atoms with Crippen molar-refractivity contribution in [3.05, 3.63) is 0 Å². The van der Waals surface area contributed by atoms with Gasteiger partial charge in [-0.05, 0) is 50.1 Å². The van der Waals surface area contributed by atoms with Gasteiger partial charge in [0.25, 0.3) is 0 Å². The minimum Gasteiger partial charge on any atom is -0.312 e. The lowest BCUT2D eigenvalue weighted by Gasteiger charge is -2.36. The van der Waals surface area contributed by atoms with E-state index in [1.807, 2.05) is 0 Å². The van der Waals surface area contributed by atoms with Crippen LogP contribution in [-0.4, -0.2) is 37.1 Å². The van der Waals surface area contributed by atoms with E-state index in [4.69, 9.17) is 0 Å². The Morgan fingerprint density at radius 2 is 1.94 bits per heavy atom. The van der Waals surface area contributed by atoms with Crippen molar-refractivity contribution in [2.75, 3.05) is 26.2 Å². The second-order valence-corrected chi connectivity index (χ2v) is 6.95. The maximum Gasteiger partial charge on any atom is 0.0217 e. The highest BCUT2D eigenvalue weighted by atomic mass is 15.2. The normalized spacial score (nSPS) is 29.7. The van der Waals surface area contributed by atoms with Gasteiger partial charge in [-0.2, -0.15) is 0 Å². The number of hydrogen-bond donors (Lipinski definition) is 1. The van der Waals surface area contributed by atoms with E-state index in [1.165, 1.54) is 64.7 Å². The van der Waals surface area contributed by atoms with Crippen molar-refractivity contribution in [1.29, 1.82) is 0 Å². The predicted molar refractivity (Wildman–Crippen MR) is 78.9 cm³/mol. The SMILES string of the molecule is CCC1(CN2CCCNC(C(C)C)C2)CCCC1. The molecule has 2 fully saturated rings. The molecule has 106 valence electrons. The molecule has 1 aliphatic heterocycles. The maximum atomic E-state index is 3.72. The van der Waals surface area contributed by atoms with Gasteiger partial charge >= 0.3 is 0 Å². The van der Waals surface area contributed by atoms with Gasteiger partial charge in [-0.1, -0.05) is 33.6 Å². The van der Waals surface area contributed by atoms with Crippen LogP contribution in [0.25, 0.3) is 0 Å². The van der Waals surface area contributed by atoms with Crippen LogP contribution in [0.5, 0.6) is 0 Å². The first kappa shape index (κ1) is 14.3. The first-order valence-electron chi connectivity index (χ1n) is 8.11. The van der Waals surface area contributed by atoms with Gasteiger partial charge in [-0.3, -0.25) is 0 Å². The Morgan fingerprint density at radius 1 is 1.22 bits per heavy atom. The van der Waals surface area contributed by atoms with Crippen LogP contribution < -0.4 is 5.32 Å². The third-order valence-electron chi connectivity index (χ3n) is 5.29. The fourth-order valence-electron chi connectivity index (χ4n) is 3.84. The minimum absolute atomic E-state index is 0.659. The van der Waals surface area contributed by atoms with Crippen molar-refractivity contribution in [2.45, 2.75) is 65.3 Å². The van der Waals surface area contributed by atoms with Crippen LogP contribution in [-0.2, 0) is 0 Å². The Morgan fingerprint density at radius 3 is 2.56 bits per heavy atom. The highest BCUT2D eigenvalue weighted by Gasteiger charge is 2.34. The van der Waals surface area contributed by atoms with Crippen LogP contribution in [0.15, 0.2) is 0 Å². The molecule has 1 atom stereocenters. The summed E-state index contributed by atoms with van der Waals surface area (Å²) in [7, 11) is 0. The summed E-state index contributed by atoms with van der Waals surface area (Å²) in [4.78, 5) is 2.76. The fraction of sp³-hybridized carbons (Fsp3) is 1.00. The number of nitrogens with one attached hydrogen (secondary N) is 1. The number of rotatable bonds is 4. The predicted octanol–water partition coefficient (Wildman–Crippen LogP) is 3.28. The standard InChI is InChI=1S/C16H32N2/c1-4-16(8-5-6-9-16)13-18-11-7-10-17-15(12-18)14(2)3/h14-15,17H,4-13H2,1-3H3. The molecule has 1 heterocycles. The van der Waals surface area contributed by atoms with Crippen molar-refractivity contribution in [1.82, 2.24) is 10.2 Å². The third kappa shape index (κ3) is 3.48. The van der Waals surface area contributed by atoms with Gasteiger partial charge in [0.15, 0.2) is 0 Å². The quantitative estimate of drug-likeness (QED) is 0.826. The summed E-state index contributed by atoms with van der Waals surface area (Å²) in [6, 6.07) is 0.697. The highest BCUT2D eigenvalue weighted by Crippen LogP contribution is 2.41. The summed E-state index contributed by atoms with van der Waals surface area (Å²) in [6.07, 6.45) is 8.58. The van der Waals surface area contributed by atoms with Gasteiger partial charge in [0.2, 0.25) is 0 Å². The molecule has 1 unspecified atom stereocenters. The Labute approximate surface area is 114 Å². The van der Waals surface area contributed by atoms with E-state index in [1.54, 1.807) is 0 Å². The van der Waals surface area contributed by atoms with Gasteiger partial charge in [0.05, 0.1) is 0 Å². The second-order valence-electron chi connectivity index (χ2n) is 6.95. The second kappa shape index (κ2) is 6.38. The first-order valence-corrected chi connectivity index (χ1v) is 8.11. The highest BCUT2D eigenvalue weighted by molar-refractivity contribution is 4.89. The third-order valence-corrected chi connectivity index (χ3v) is 5.29. The molecule has 18 heavy (non-hydrogen) atoms. The molecule has 1 saturated carbocycles. The molecule has 0 radical (unpaired) electrons. The molecule has 1 N–H and O–H groups in total. The zero-order valence-electron chi connectivity index (χ0n) is 12.7. The van der Waals surface area contributed by atoms with Crippen molar-refractivity contribution >= 4 is 0 Å². The molecule has 2 nitrogen and oxygen atoms in total. The lowest BCUT2D eigenvalue weighted by atomic mass is 9.82. The van der Waals surface area contributed by atoms with Crippen LogP contribution >= 0.6 is 0 Å². The molecule has 2 aliphatic rings. The number of hydrogen-bond acceptors (Lipinski definition) is 2. The van der Waals surface area contributed by atoms with E-state index in [2.05, 4.69) is 31.0 Å². The van der Waals surface area contributed by atoms with E-state index < -0.39 is 0 Å². The molecule has 2 rings (SSSR count).